The Balaban J connectivity index is 2.20. The van der Waals surface area contributed by atoms with Crippen LogP contribution in [0.25, 0.3) is 0 Å². The summed E-state index contributed by atoms with van der Waals surface area (Å²) in [6.45, 7) is 2.52. The van der Waals surface area contributed by atoms with Crippen molar-refractivity contribution < 1.29 is 19.0 Å². The highest BCUT2D eigenvalue weighted by atomic mass is 32.2. The maximum absolute atomic E-state index is 12.5. The third-order valence-corrected chi connectivity index (χ3v) is 4.47. The number of methoxy groups -OCH3 is 3. The second-order valence-electron chi connectivity index (χ2n) is 5.09. The Morgan fingerprint density at radius 3 is 2.36 bits per heavy atom. The average Bonchev–Trinajstić information content (AvgIpc) is 2.98. The summed E-state index contributed by atoms with van der Waals surface area (Å²) in [7, 11) is 4.49. The number of ketones is 1. The standard InChI is InChI=1S/C16H21N3O5S/c1-5-6-19-15(21)17-18-16(19)25-9-11(20)10-7-12(22-2)14(24-4)13(8-10)23-3/h7-8H,5-6,9H2,1-4H3,(H,17,21). The monoisotopic (exact) mass is 367 g/mol. The zero-order chi connectivity index (χ0) is 18.4. The number of ether oxygens (including phenoxy) is 3. The number of hydrogen-bond donors (Lipinski definition) is 1. The van der Waals surface area contributed by atoms with Gasteiger partial charge in [-0.3, -0.25) is 9.36 Å². The summed E-state index contributed by atoms with van der Waals surface area (Å²) in [4.78, 5) is 24.2. The number of nitrogens with one attached hydrogen (secondary N) is 1. The van der Waals surface area contributed by atoms with Crippen molar-refractivity contribution >= 4 is 17.5 Å². The molecule has 1 aromatic carbocycles. The molecule has 0 saturated carbocycles. The lowest BCUT2D eigenvalue weighted by molar-refractivity contribution is 0.102. The molecule has 0 aliphatic carbocycles. The minimum Gasteiger partial charge on any atom is -0.493 e. The third kappa shape index (κ3) is 4.16. The van der Waals surface area contributed by atoms with Gasteiger partial charge in [-0.2, -0.15) is 0 Å². The van der Waals surface area contributed by atoms with Gasteiger partial charge in [-0.25, -0.2) is 9.89 Å². The van der Waals surface area contributed by atoms with Crippen molar-refractivity contribution in [2.24, 2.45) is 0 Å². The van der Waals surface area contributed by atoms with Gasteiger partial charge < -0.3 is 14.2 Å². The van der Waals surface area contributed by atoms with Gasteiger partial charge in [-0.15, -0.1) is 5.10 Å². The van der Waals surface area contributed by atoms with Crippen LogP contribution in [0.3, 0.4) is 0 Å². The van der Waals surface area contributed by atoms with Gasteiger partial charge in [0, 0.05) is 12.1 Å². The molecule has 0 bridgehead atoms. The van der Waals surface area contributed by atoms with E-state index in [1.165, 1.54) is 37.7 Å². The number of thioether (sulfide) groups is 1. The molecule has 0 spiro atoms. The van der Waals surface area contributed by atoms with Crippen LogP contribution in [0.2, 0.25) is 0 Å². The number of hydrogen-bond acceptors (Lipinski definition) is 7. The lowest BCUT2D eigenvalue weighted by Crippen LogP contribution is -2.17. The molecule has 0 aliphatic rings. The number of H-pyrrole nitrogens is 1. The highest BCUT2D eigenvalue weighted by Gasteiger charge is 2.18. The van der Waals surface area contributed by atoms with Crippen LogP contribution < -0.4 is 19.9 Å². The molecule has 9 heteroatoms. The number of aromatic amines is 1. The van der Waals surface area contributed by atoms with Gasteiger partial charge in [0.2, 0.25) is 5.75 Å². The first-order valence-electron chi connectivity index (χ1n) is 7.66. The number of aromatic nitrogens is 3. The lowest BCUT2D eigenvalue weighted by atomic mass is 10.1. The Hall–Kier alpha value is -2.42. The number of rotatable bonds is 9. The molecule has 0 unspecified atom stereocenters. The van der Waals surface area contributed by atoms with Gasteiger partial charge in [-0.05, 0) is 18.6 Å². The maximum Gasteiger partial charge on any atom is 0.343 e. The lowest BCUT2D eigenvalue weighted by Gasteiger charge is -2.13. The topological polar surface area (TPSA) is 95.4 Å². The first-order chi connectivity index (χ1) is 12.0. The van der Waals surface area contributed by atoms with Crippen molar-refractivity contribution in [2.75, 3.05) is 27.1 Å². The van der Waals surface area contributed by atoms with Crippen LogP contribution in [0.15, 0.2) is 22.1 Å². The molecular formula is C16H21N3O5S. The molecule has 0 fully saturated rings. The zero-order valence-corrected chi connectivity index (χ0v) is 15.4. The van der Waals surface area contributed by atoms with Gasteiger partial charge in [0.05, 0.1) is 27.1 Å². The van der Waals surface area contributed by atoms with Crippen LogP contribution in [-0.2, 0) is 6.54 Å². The third-order valence-electron chi connectivity index (χ3n) is 3.49. The molecule has 136 valence electrons. The minimum absolute atomic E-state index is 0.132. The maximum atomic E-state index is 12.5. The normalized spacial score (nSPS) is 10.6. The Kier molecular flexibility index (Phi) is 6.51. The predicted molar refractivity (Wildman–Crippen MR) is 94.3 cm³/mol. The Labute approximate surface area is 149 Å². The Bertz CT molecular complexity index is 774. The minimum atomic E-state index is -0.274. The van der Waals surface area contributed by atoms with Crippen molar-refractivity contribution in [3.05, 3.63) is 28.2 Å². The van der Waals surface area contributed by atoms with Crippen LogP contribution in [-0.4, -0.2) is 47.6 Å². The Morgan fingerprint density at radius 1 is 1.20 bits per heavy atom. The summed E-state index contributed by atoms with van der Waals surface area (Å²) in [5.41, 5.74) is 0.159. The van der Waals surface area contributed by atoms with Crippen molar-refractivity contribution in [1.82, 2.24) is 14.8 Å². The number of carbonyl (C=O) groups is 1. The summed E-state index contributed by atoms with van der Waals surface area (Å²) in [6, 6.07) is 3.21. The van der Waals surface area contributed by atoms with Crippen molar-refractivity contribution in [3.63, 3.8) is 0 Å². The second kappa shape index (κ2) is 8.61. The van der Waals surface area contributed by atoms with E-state index in [0.29, 0.717) is 34.5 Å². The quantitative estimate of drug-likeness (QED) is 0.535. The number of carbonyl (C=O) groups excluding carboxylic acids is 1. The van der Waals surface area contributed by atoms with E-state index in [4.69, 9.17) is 14.2 Å². The highest BCUT2D eigenvalue weighted by molar-refractivity contribution is 7.99. The molecule has 0 aliphatic heterocycles. The second-order valence-corrected chi connectivity index (χ2v) is 6.03. The van der Waals surface area contributed by atoms with Crippen LogP contribution >= 0.6 is 11.8 Å². The Morgan fingerprint density at radius 2 is 1.84 bits per heavy atom. The summed E-state index contributed by atoms with van der Waals surface area (Å²) in [5, 5.41) is 6.86. The average molecular weight is 367 g/mol. The van der Waals surface area contributed by atoms with E-state index >= 15 is 0 Å². The zero-order valence-electron chi connectivity index (χ0n) is 14.6. The summed E-state index contributed by atoms with van der Waals surface area (Å²) in [5.74, 6) is 1.25. The van der Waals surface area contributed by atoms with Gasteiger partial charge in [0.1, 0.15) is 0 Å². The van der Waals surface area contributed by atoms with E-state index in [-0.39, 0.29) is 17.2 Å². The van der Waals surface area contributed by atoms with E-state index in [9.17, 15) is 9.59 Å². The summed E-state index contributed by atoms with van der Waals surface area (Å²) < 4.78 is 17.3. The highest BCUT2D eigenvalue weighted by Crippen LogP contribution is 2.38. The van der Waals surface area contributed by atoms with Crippen LogP contribution in [0.4, 0.5) is 0 Å². The fourth-order valence-electron chi connectivity index (χ4n) is 2.29. The fourth-order valence-corrected chi connectivity index (χ4v) is 3.16. The molecule has 1 heterocycles. The van der Waals surface area contributed by atoms with E-state index in [1.807, 2.05) is 6.92 Å². The SMILES string of the molecule is CCCn1c(SCC(=O)c2cc(OC)c(OC)c(OC)c2)n[nH]c1=O. The molecule has 0 atom stereocenters. The number of nitrogens with zero attached hydrogens (tertiary/aromatic N) is 2. The predicted octanol–water partition coefficient (Wildman–Crippen LogP) is 1.98. The van der Waals surface area contributed by atoms with Crippen molar-refractivity contribution in [3.8, 4) is 17.2 Å². The summed E-state index contributed by atoms with van der Waals surface area (Å²) in [6.07, 6.45) is 0.799. The van der Waals surface area contributed by atoms with E-state index in [1.54, 1.807) is 12.1 Å². The smallest absolute Gasteiger partial charge is 0.343 e. The van der Waals surface area contributed by atoms with Gasteiger partial charge in [0.25, 0.3) is 0 Å². The molecule has 1 N–H and O–H groups in total. The fraction of sp³-hybridized carbons (Fsp3) is 0.438. The van der Waals surface area contributed by atoms with Crippen molar-refractivity contribution in [2.45, 2.75) is 25.0 Å². The van der Waals surface area contributed by atoms with Gasteiger partial charge in [-0.1, -0.05) is 18.7 Å². The van der Waals surface area contributed by atoms with Crippen LogP contribution in [0, 0.1) is 0 Å². The molecule has 25 heavy (non-hydrogen) atoms. The number of Topliss-reactive ketones (excluding diaryl/α,β-unsaturated/α-hetero) is 1. The molecule has 0 saturated heterocycles. The van der Waals surface area contributed by atoms with Crippen molar-refractivity contribution in [1.29, 1.82) is 0 Å². The molecule has 1 aromatic heterocycles. The first-order valence-corrected chi connectivity index (χ1v) is 8.65. The first kappa shape index (κ1) is 18.9. The molecule has 8 nitrogen and oxygen atoms in total. The number of benzene rings is 1. The molecule has 0 amide bonds. The van der Waals surface area contributed by atoms with Gasteiger partial charge in [0.15, 0.2) is 22.4 Å². The van der Waals surface area contributed by atoms with E-state index in [2.05, 4.69) is 10.2 Å². The van der Waals surface area contributed by atoms with E-state index < -0.39 is 0 Å². The van der Waals surface area contributed by atoms with Gasteiger partial charge >= 0.3 is 5.69 Å². The summed E-state index contributed by atoms with van der Waals surface area (Å²) >= 11 is 1.21. The van der Waals surface area contributed by atoms with E-state index in [0.717, 1.165) is 6.42 Å². The largest absolute Gasteiger partial charge is 0.493 e. The molecule has 2 aromatic rings. The van der Waals surface area contributed by atoms with Crippen LogP contribution in [0.5, 0.6) is 17.2 Å². The van der Waals surface area contributed by atoms with Crippen LogP contribution in [0.1, 0.15) is 23.7 Å². The molecule has 0 radical (unpaired) electrons. The molecular weight excluding hydrogens is 346 g/mol. The molecule has 2 rings (SSSR count).